The van der Waals surface area contributed by atoms with Crippen molar-refractivity contribution in [1.82, 2.24) is 10.2 Å². The molecule has 1 aromatic carbocycles. The standard InChI is InChI=1S/C16H18BrClN2OS/c1-20(11-13-6-7-15(17)22-13)9-8-16(21)19-10-12-4-2-3-5-14(12)18/h2-7H,8-11H2,1H3,(H,19,21). The number of nitrogens with one attached hydrogen (secondary N) is 1. The molecule has 0 aliphatic rings. The van der Waals surface area contributed by atoms with Crippen LogP contribution in [0.5, 0.6) is 0 Å². The van der Waals surface area contributed by atoms with Crippen molar-refractivity contribution >= 4 is 44.8 Å². The molecule has 0 radical (unpaired) electrons. The van der Waals surface area contributed by atoms with Crippen molar-refractivity contribution in [3.05, 3.63) is 55.6 Å². The maximum Gasteiger partial charge on any atom is 0.221 e. The van der Waals surface area contributed by atoms with Crippen LogP contribution in [0.25, 0.3) is 0 Å². The first-order valence-corrected chi connectivity index (χ1v) is 8.96. The van der Waals surface area contributed by atoms with E-state index < -0.39 is 0 Å². The van der Waals surface area contributed by atoms with Gasteiger partial charge in [0.2, 0.25) is 5.91 Å². The summed E-state index contributed by atoms with van der Waals surface area (Å²) in [6.07, 6.45) is 0.480. The van der Waals surface area contributed by atoms with Crippen molar-refractivity contribution in [2.75, 3.05) is 13.6 Å². The van der Waals surface area contributed by atoms with Crippen LogP contribution in [0.4, 0.5) is 0 Å². The van der Waals surface area contributed by atoms with Gasteiger partial charge in [-0.3, -0.25) is 4.79 Å². The molecule has 2 aromatic rings. The average Bonchev–Trinajstić information content (AvgIpc) is 2.89. The van der Waals surface area contributed by atoms with E-state index in [9.17, 15) is 4.79 Å². The van der Waals surface area contributed by atoms with Crippen molar-refractivity contribution in [2.24, 2.45) is 0 Å². The first-order valence-electron chi connectivity index (χ1n) is 6.97. The molecule has 0 fully saturated rings. The fourth-order valence-corrected chi connectivity index (χ4v) is 3.76. The molecule has 22 heavy (non-hydrogen) atoms. The molecule has 0 saturated carbocycles. The van der Waals surface area contributed by atoms with Gasteiger partial charge in [0, 0.05) is 36.0 Å². The molecule has 0 aliphatic heterocycles. The van der Waals surface area contributed by atoms with Gasteiger partial charge in [-0.1, -0.05) is 29.8 Å². The van der Waals surface area contributed by atoms with Crippen LogP contribution in [0.15, 0.2) is 40.2 Å². The summed E-state index contributed by atoms with van der Waals surface area (Å²) >= 11 is 11.2. The van der Waals surface area contributed by atoms with Gasteiger partial charge in [-0.25, -0.2) is 0 Å². The number of carbonyl (C=O) groups is 1. The summed E-state index contributed by atoms with van der Waals surface area (Å²) in [6, 6.07) is 11.7. The van der Waals surface area contributed by atoms with Gasteiger partial charge in [0.05, 0.1) is 3.79 Å². The van der Waals surface area contributed by atoms with Gasteiger partial charge in [0.25, 0.3) is 0 Å². The first-order chi connectivity index (χ1) is 10.5. The van der Waals surface area contributed by atoms with Crippen LogP contribution in [0.2, 0.25) is 5.02 Å². The lowest BCUT2D eigenvalue weighted by Gasteiger charge is -2.15. The molecule has 0 aliphatic carbocycles. The van der Waals surface area contributed by atoms with E-state index in [4.69, 9.17) is 11.6 Å². The lowest BCUT2D eigenvalue weighted by atomic mass is 10.2. The quantitative estimate of drug-likeness (QED) is 0.750. The smallest absolute Gasteiger partial charge is 0.221 e. The number of carbonyl (C=O) groups excluding carboxylic acids is 1. The number of halogens is 2. The van der Waals surface area contributed by atoms with E-state index in [0.717, 1.165) is 22.4 Å². The molecule has 0 bridgehead atoms. The minimum Gasteiger partial charge on any atom is -0.352 e. The molecule has 1 heterocycles. The largest absolute Gasteiger partial charge is 0.352 e. The molecule has 118 valence electrons. The highest BCUT2D eigenvalue weighted by atomic mass is 79.9. The Balaban J connectivity index is 1.70. The molecule has 0 spiro atoms. The second kappa shape index (κ2) is 8.67. The van der Waals surface area contributed by atoms with E-state index in [1.54, 1.807) is 11.3 Å². The Kier molecular flexibility index (Phi) is 6.89. The van der Waals surface area contributed by atoms with Gasteiger partial charge in [0.1, 0.15) is 0 Å². The number of thiophene rings is 1. The number of hydrogen-bond donors (Lipinski definition) is 1. The lowest BCUT2D eigenvalue weighted by molar-refractivity contribution is -0.121. The molecular formula is C16H18BrClN2OS. The minimum atomic E-state index is 0.0409. The van der Waals surface area contributed by atoms with E-state index in [0.29, 0.717) is 18.0 Å². The maximum absolute atomic E-state index is 11.9. The second-order valence-corrected chi connectivity index (χ2v) is 8.02. The van der Waals surface area contributed by atoms with Gasteiger partial charge < -0.3 is 10.2 Å². The lowest BCUT2D eigenvalue weighted by Crippen LogP contribution is -2.28. The highest BCUT2D eigenvalue weighted by Crippen LogP contribution is 2.22. The van der Waals surface area contributed by atoms with E-state index >= 15 is 0 Å². The van der Waals surface area contributed by atoms with Gasteiger partial charge >= 0.3 is 0 Å². The van der Waals surface area contributed by atoms with Gasteiger partial charge in [-0.2, -0.15) is 0 Å². The summed E-state index contributed by atoms with van der Waals surface area (Å²) in [6.45, 7) is 2.05. The first kappa shape index (κ1) is 17.5. The Bertz CT molecular complexity index is 632. The fourth-order valence-electron chi connectivity index (χ4n) is 2.00. The van der Waals surface area contributed by atoms with Crippen LogP contribution in [0.1, 0.15) is 16.9 Å². The highest BCUT2D eigenvalue weighted by Gasteiger charge is 2.07. The third-order valence-electron chi connectivity index (χ3n) is 3.21. The SMILES string of the molecule is CN(CCC(=O)NCc1ccccc1Cl)Cc1ccc(Br)s1. The summed E-state index contributed by atoms with van der Waals surface area (Å²) < 4.78 is 1.13. The highest BCUT2D eigenvalue weighted by molar-refractivity contribution is 9.11. The maximum atomic E-state index is 11.9. The van der Waals surface area contributed by atoms with Crippen molar-refractivity contribution in [3.8, 4) is 0 Å². The molecule has 3 nitrogen and oxygen atoms in total. The van der Waals surface area contributed by atoms with E-state index in [1.165, 1.54) is 4.88 Å². The van der Waals surface area contributed by atoms with Gasteiger partial charge in [-0.15, -0.1) is 11.3 Å². The van der Waals surface area contributed by atoms with Crippen LogP contribution in [-0.2, 0) is 17.9 Å². The Labute approximate surface area is 148 Å². The summed E-state index contributed by atoms with van der Waals surface area (Å²) in [5.41, 5.74) is 0.939. The zero-order valence-electron chi connectivity index (χ0n) is 12.3. The van der Waals surface area contributed by atoms with E-state index in [1.807, 2.05) is 37.4 Å². The van der Waals surface area contributed by atoms with E-state index in [-0.39, 0.29) is 5.91 Å². The zero-order valence-corrected chi connectivity index (χ0v) is 15.5. The summed E-state index contributed by atoms with van der Waals surface area (Å²) in [5.74, 6) is 0.0409. The number of benzene rings is 1. The van der Waals surface area contributed by atoms with Crippen LogP contribution in [0, 0.1) is 0 Å². The summed E-state index contributed by atoms with van der Waals surface area (Å²) in [5, 5.41) is 3.59. The molecule has 0 saturated heterocycles. The molecular weight excluding hydrogens is 384 g/mol. The predicted molar refractivity (Wildman–Crippen MR) is 96.3 cm³/mol. The molecule has 0 atom stereocenters. The van der Waals surface area contributed by atoms with Crippen LogP contribution in [0.3, 0.4) is 0 Å². The summed E-state index contributed by atoms with van der Waals surface area (Å²) in [4.78, 5) is 15.3. The average molecular weight is 402 g/mol. The number of rotatable bonds is 7. The normalized spacial score (nSPS) is 10.9. The van der Waals surface area contributed by atoms with Crippen molar-refractivity contribution in [1.29, 1.82) is 0 Å². The van der Waals surface area contributed by atoms with Crippen LogP contribution >= 0.6 is 38.9 Å². The Morgan fingerprint density at radius 1 is 1.32 bits per heavy atom. The third kappa shape index (κ3) is 5.72. The molecule has 6 heteroatoms. The van der Waals surface area contributed by atoms with Crippen molar-refractivity contribution in [2.45, 2.75) is 19.5 Å². The van der Waals surface area contributed by atoms with Gasteiger partial charge in [0.15, 0.2) is 0 Å². The number of nitrogens with zero attached hydrogens (tertiary/aromatic N) is 1. The molecule has 0 unspecified atom stereocenters. The fraction of sp³-hybridized carbons (Fsp3) is 0.312. The predicted octanol–water partition coefficient (Wildman–Crippen LogP) is 4.30. The monoisotopic (exact) mass is 400 g/mol. The number of amides is 1. The topological polar surface area (TPSA) is 32.3 Å². The molecule has 1 N–H and O–H groups in total. The second-order valence-electron chi connectivity index (χ2n) is 5.06. The van der Waals surface area contributed by atoms with Crippen LogP contribution < -0.4 is 5.32 Å². The zero-order chi connectivity index (χ0) is 15.9. The van der Waals surface area contributed by atoms with Crippen LogP contribution in [-0.4, -0.2) is 24.4 Å². The van der Waals surface area contributed by atoms with E-state index in [2.05, 4.69) is 32.2 Å². The Hall–Kier alpha value is -0.880. The Morgan fingerprint density at radius 3 is 2.77 bits per heavy atom. The summed E-state index contributed by atoms with van der Waals surface area (Å²) in [7, 11) is 2.02. The molecule has 2 rings (SSSR count). The number of hydrogen-bond acceptors (Lipinski definition) is 3. The minimum absolute atomic E-state index is 0.0409. The molecule has 1 amide bonds. The van der Waals surface area contributed by atoms with Crippen molar-refractivity contribution < 1.29 is 4.79 Å². The van der Waals surface area contributed by atoms with Crippen molar-refractivity contribution in [3.63, 3.8) is 0 Å². The molecule has 1 aromatic heterocycles. The Morgan fingerprint density at radius 2 is 2.09 bits per heavy atom. The third-order valence-corrected chi connectivity index (χ3v) is 5.19. The van der Waals surface area contributed by atoms with Gasteiger partial charge in [-0.05, 0) is 46.7 Å².